The second kappa shape index (κ2) is 11.2. The van der Waals surface area contributed by atoms with E-state index < -0.39 is 0 Å². The third kappa shape index (κ3) is 4.24. The molecule has 0 aliphatic heterocycles. The maximum absolute atomic E-state index is 4.94. The summed E-state index contributed by atoms with van der Waals surface area (Å²) in [4.78, 5) is 7.33. The molecule has 0 saturated carbocycles. The molecule has 2 aliphatic carbocycles. The summed E-state index contributed by atoms with van der Waals surface area (Å²) in [6.07, 6.45) is 6.34. The summed E-state index contributed by atoms with van der Waals surface area (Å²) in [6, 6.07) is 57.2. The predicted molar refractivity (Wildman–Crippen MR) is 206 cm³/mol. The second-order valence-corrected chi connectivity index (χ2v) is 12.9. The van der Waals surface area contributed by atoms with Crippen LogP contribution in [0.1, 0.15) is 23.1 Å². The molecule has 2 heteroatoms. The Bertz CT molecular complexity index is 2580. The van der Waals surface area contributed by atoms with Crippen LogP contribution in [0.4, 0.5) is 17.2 Å². The van der Waals surface area contributed by atoms with Crippen molar-refractivity contribution >= 4 is 44.3 Å². The first-order valence-electron chi connectivity index (χ1n) is 17.1. The number of rotatable bonds is 5. The van der Waals surface area contributed by atoms with Gasteiger partial charge < -0.3 is 0 Å². The molecule has 0 unspecified atom stereocenters. The highest BCUT2D eigenvalue weighted by Gasteiger charge is 2.36. The molecule has 0 spiro atoms. The van der Waals surface area contributed by atoms with Gasteiger partial charge in [0.05, 0.1) is 11.4 Å². The van der Waals surface area contributed by atoms with E-state index in [9.17, 15) is 0 Å². The highest BCUT2D eigenvalue weighted by molar-refractivity contribution is 6.22. The van der Waals surface area contributed by atoms with Crippen molar-refractivity contribution in [3.8, 4) is 33.4 Å². The minimum Gasteiger partial charge on any atom is -0.294 e. The van der Waals surface area contributed by atoms with E-state index in [2.05, 4.69) is 163 Å². The SMILES string of the molecule is C1=C2c3c(ccc(N(c4ccccn4)c4cccc5ccccc45)c3CC1)-c1c2c(-c2ccccc2)c2ccccc2c1-c1ccccc1. The molecule has 1 heterocycles. The standard InChI is InChI=1S/C47H32N2/c1-3-16-32(17-4-1)43-35-22-9-10-23-36(35)44(33-18-5-2-6-19-33)47-39-28-29-41(37-24-14-25-38(45(37)39)46(43)47)49(42-27-11-12-30-48-42)40-26-13-20-31-15-7-8-21-34(31)40/h1-13,15-23,25-30H,14,24H2. The Labute approximate surface area is 286 Å². The Morgan fingerprint density at radius 3 is 1.80 bits per heavy atom. The van der Waals surface area contributed by atoms with Crippen LogP contribution in [-0.4, -0.2) is 4.98 Å². The van der Waals surface area contributed by atoms with E-state index in [1.807, 2.05) is 12.3 Å². The van der Waals surface area contributed by atoms with E-state index in [4.69, 9.17) is 4.98 Å². The normalized spacial score (nSPS) is 12.9. The number of benzene rings is 7. The zero-order valence-electron chi connectivity index (χ0n) is 27.0. The third-order valence-corrected chi connectivity index (χ3v) is 10.3. The van der Waals surface area contributed by atoms with Crippen molar-refractivity contribution in [1.82, 2.24) is 4.98 Å². The lowest BCUT2D eigenvalue weighted by atomic mass is 9.82. The molecule has 1 aromatic heterocycles. The van der Waals surface area contributed by atoms with Crippen LogP contribution in [0.25, 0.3) is 60.5 Å². The molecule has 0 bridgehead atoms. The van der Waals surface area contributed by atoms with Gasteiger partial charge >= 0.3 is 0 Å². The zero-order chi connectivity index (χ0) is 32.3. The van der Waals surface area contributed by atoms with E-state index in [0.29, 0.717) is 0 Å². The summed E-state index contributed by atoms with van der Waals surface area (Å²) in [7, 11) is 0. The van der Waals surface area contributed by atoms with Gasteiger partial charge in [-0.1, -0.05) is 140 Å². The number of hydrogen-bond acceptors (Lipinski definition) is 2. The third-order valence-electron chi connectivity index (χ3n) is 10.3. The lowest BCUT2D eigenvalue weighted by molar-refractivity contribution is 0.974. The van der Waals surface area contributed by atoms with Crippen molar-refractivity contribution in [2.24, 2.45) is 0 Å². The predicted octanol–water partition coefficient (Wildman–Crippen LogP) is 12.6. The molecule has 0 radical (unpaired) electrons. The Balaban J connectivity index is 1.31. The fourth-order valence-electron chi connectivity index (χ4n) is 8.36. The van der Waals surface area contributed by atoms with E-state index >= 15 is 0 Å². The van der Waals surface area contributed by atoms with Crippen LogP contribution in [0.15, 0.2) is 170 Å². The molecule has 0 amide bonds. The fraction of sp³-hybridized carbons (Fsp3) is 0.0426. The van der Waals surface area contributed by atoms with Gasteiger partial charge in [0, 0.05) is 11.6 Å². The highest BCUT2D eigenvalue weighted by Crippen LogP contribution is 2.59. The Morgan fingerprint density at radius 1 is 0.449 bits per heavy atom. The van der Waals surface area contributed by atoms with Crippen molar-refractivity contribution in [3.05, 3.63) is 187 Å². The fourth-order valence-corrected chi connectivity index (χ4v) is 8.36. The Morgan fingerprint density at radius 2 is 1.08 bits per heavy atom. The molecule has 0 fully saturated rings. The van der Waals surface area contributed by atoms with Crippen LogP contribution in [0.3, 0.4) is 0 Å². The van der Waals surface area contributed by atoms with Crippen molar-refractivity contribution in [2.45, 2.75) is 12.8 Å². The highest BCUT2D eigenvalue weighted by atomic mass is 15.2. The van der Waals surface area contributed by atoms with Crippen molar-refractivity contribution in [3.63, 3.8) is 0 Å². The smallest absolute Gasteiger partial charge is 0.137 e. The summed E-state index contributed by atoms with van der Waals surface area (Å²) in [5, 5.41) is 5.00. The summed E-state index contributed by atoms with van der Waals surface area (Å²) >= 11 is 0. The number of hydrogen-bond donors (Lipinski definition) is 0. The van der Waals surface area contributed by atoms with E-state index in [1.54, 1.807) is 0 Å². The van der Waals surface area contributed by atoms with Gasteiger partial charge in [0.1, 0.15) is 5.82 Å². The quantitative estimate of drug-likeness (QED) is 0.189. The summed E-state index contributed by atoms with van der Waals surface area (Å²) in [5.74, 6) is 0.919. The monoisotopic (exact) mass is 624 g/mol. The van der Waals surface area contributed by atoms with Gasteiger partial charge in [-0.25, -0.2) is 4.98 Å². The number of nitrogens with zero attached hydrogens (tertiary/aromatic N) is 2. The van der Waals surface area contributed by atoms with Crippen LogP contribution in [0.2, 0.25) is 0 Å². The molecule has 8 aromatic rings. The summed E-state index contributed by atoms with van der Waals surface area (Å²) in [6.45, 7) is 0. The van der Waals surface area contributed by atoms with Gasteiger partial charge in [0.2, 0.25) is 0 Å². The van der Waals surface area contributed by atoms with Crippen LogP contribution in [0, 0.1) is 0 Å². The van der Waals surface area contributed by atoms with E-state index in [0.717, 1.165) is 24.3 Å². The minimum atomic E-state index is 0.919. The molecule has 10 rings (SSSR count). The first-order chi connectivity index (χ1) is 24.4. The van der Waals surface area contributed by atoms with Crippen LogP contribution in [-0.2, 0) is 6.42 Å². The van der Waals surface area contributed by atoms with E-state index in [-0.39, 0.29) is 0 Å². The summed E-state index contributed by atoms with van der Waals surface area (Å²) in [5.41, 5.74) is 15.6. The Kier molecular flexibility index (Phi) is 6.35. The molecule has 49 heavy (non-hydrogen) atoms. The molecule has 7 aromatic carbocycles. The number of fused-ring (bicyclic) bond motifs is 5. The van der Waals surface area contributed by atoms with Crippen molar-refractivity contribution in [1.29, 1.82) is 0 Å². The second-order valence-electron chi connectivity index (χ2n) is 12.9. The molecular formula is C47H32N2. The average molecular weight is 625 g/mol. The molecule has 0 atom stereocenters. The largest absolute Gasteiger partial charge is 0.294 e. The van der Waals surface area contributed by atoms with Gasteiger partial charge in [-0.2, -0.15) is 0 Å². The topological polar surface area (TPSA) is 16.1 Å². The first kappa shape index (κ1) is 27.8. The number of anilines is 3. The molecule has 0 saturated heterocycles. The van der Waals surface area contributed by atoms with Crippen LogP contribution >= 0.6 is 0 Å². The first-order valence-corrected chi connectivity index (χ1v) is 17.1. The van der Waals surface area contributed by atoms with Crippen molar-refractivity contribution < 1.29 is 0 Å². The lowest BCUT2D eigenvalue weighted by Gasteiger charge is -2.30. The van der Waals surface area contributed by atoms with Gasteiger partial charge in [0.15, 0.2) is 0 Å². The van der Waals surface area contributed by atoms with Crippen LogP contribution in [0.5, 0.6) is 0 Å². The number of aromatic nitrogens is 1. The van der Waals surface area contributed by atoms with E-state index in [1.165, 1.54) is 82.9 Å². The average Bonchev–Trinajstić information content (AvgIpc) is 3.50. The molecule has 230 valence electrons. The maximum Gasteiger partial charge on any atom is 0.137 e. The number of allylic oxidation sites excluding steroid dienone is 1. The van der Waals surface area contributed by atoms with Gasteiger partial charge in [0.25, 0.3) is 0 Å². The minimum absolute atomic E-state index is 0.919. The van der Waals surface area contributed by atoms with Gasteiger partial charge in [-0.15, -0.1) is 0 Å². The zero-order valence-corrected chi connectivity index (χ0v) is 27.0. The molecule has 2 nitrogen and oxygen atoms in total. The Hall–Kier alpha value is -6.25. The maximum atomic E-state index is 4.94. The summed E-state index contributed by atoms with van der Waals surface area (Å²) < 4.78 is 0. The van der Waals surface area contributed by atoms with Gasteiger partial charge in [-0.3, -0.25) is 4.90 Å². The molecular weight excluding hydrogens is 593 g/mol. The van der Waals surface area contributed by atoms with Gasteiger partial charge in [-0.05, 0) is 109 Å². The molecule has 2 aliphatic rings. The van der Waals surface area contributed by atoms with Crippen LogP contribution < -0.4 is 4.90 Å². The molecule has 0 N–H and O–H groups in total. The number of pyridine rings is 1. The van der Waals surface area contributed by atoms with Crippen molar-refractivity contribution in [2.75, 3.05) is 4.90 Å². The lowest BCUT2D eigenvalue weighted by Crippen LogP contribution is -2.15.